The van der Waals surface area contributed by atoms with Crippen molar-refractivity contribution in [2.45, 2.75) is 6.54 Å². The molecular weight excluding hydrogens is 391 g/mol. The molecule has 126 valence electrons. The fourth-order valence-corrected chi connectivity index (χ4v) is 2.34. The molecular formula is C16H12BrFN6O. The summed E-state index contributed by atoms with van der Waals surface area (Å²) in [6.07, 6.45) is 1.22. The largest absolute Gasteiger partial charge is 0.271 e. The number of halogens is 2. The maximum Gasteiger partial charge on any atom is 0.263 e. The van der Waals surface area contributed by atoms with Gasteiger partial charge in [-0.25, -0.2) is 9.82 Å². The number of aromatic nitrogens is 4. The van der Waals surface area contributed by atoms with Crippen molar-refractivity contribution in [1.29, 1.82) is 0 Å². The third kappa shape index (κ3) is 4.54. The number of hydrogen-bond donors (Lipinski definition) is 1. The number of carbonyl (C=O) groups excluding carboxylic acids is 1. The summed E-state index contributed by atoms with van der Waals surface area (Å²) in [4.78, 5) is 13.0. The summed E-state index contributed by atoms with van der Waals surface area (Å²) in [5, 5.41) is 15.6. The number of nitrogens with one attached hydrogen (secondary N) is 1. The van der Waals surface area contributed by atoms with Crippen LogP contribution in [-0.4, -0.2) is 32.3 Å². The van der Waals surface area contributed by atoms with Gasteiger partial charge in [0.1, 0.15) is 12.4 Å². The summed E-state index contributed by atoms with van der Waals surface area (Å²) in [6, 6.07) is 13.7. The predicted octanol–water partition coefficient (Wildman–Crippen LogP) is 2.39. The predicted molar refractivity (Wildman–Crippen MR) is 93.1 cm³/mol. The maximum absolute atomic E-state index is 13.5. The number of rotatable bonds is 5. The van der Waals surface area contributed by atoms with Crippen LogP contribution < -0.4 is 5.43 Å². The summed E-state index contributed by atoms with van der Waals surface area (Å²) < 4.78 is 14.3. The summed E-state index contributed by atoms with van der Waals surface area (Å²) in [5.41, 5.74) is 3.35. The molecule has 25 heavy (non-hydrogen) atoms. The fraction of sp³-hybridized carbons (Fsp3) is 0.0625. The topological polar surface area (TPSA) is 85.1 Å². The molecule has 0 saturated heterocycles. The Kier molecular flexibility index (Phi) is 5.24. The van der Waals surface area contributed by atoms with Gasteiger partial charge in [-0.15, -0.1) is 10.2 Å². The van der Waals surface area contributed by atoms with Crippen LogP contribution >= 0.6 is 15.9 Å². The zero-order valence-corrected chi connectivity index (χ0v) is 14.4. The van der Waals surface area contributed by atoms with Crippen molar-refractivity contribution in [2.24, 2.45) is 5.10 Å². The van der Waals surface area contributed by atoms with Gasteiger partial charge in [0.2, 0.25) is 5.82 Å². The molecule has 0 aliphatic rings. The molecule has 7 nitrogen and oxygen atoms in total. The maximum atomic E-state index is 13.5. The van der Waals surface area contributed by atoms with Crippen molar-refractivity contribution in [1.82, 2.24) is 25.6 Å². The van der Waals surface area contributed by atoms with E-state index in [0.717, 1.165) is 10.4 Å². The molecule has 3 rings (SSSR count). The lowest BCUT2D eigenvalue weighted by Gasteiger charge is -1.99. The van der Waals surface area contributed by atoms with Gasteiger partial charge in [0.15, 0.2) is 0 Å². The number of tetrazole rings is 1. The lowest BCUT2D eigenvalue weighted by atomic mass is 10.2. The molecule has 1 aromatic heterocycles. The van der Waals surface area contributed by atoms with Gasteiger partial charge < -0.3 is 0 Å². The van der Waals surface area contributed by atoms with Gasteiger partial charge >= 0.3 is 0 Å². The minimum Gasteiger partial charge on any atom is -0.271 e. The SMILES string of the molecule is O=C(Cn1nnc(-c2ccccc2)n1)N/N=C/c1cc(Br)ccc1F. The Morgan fingerprint density at radius 3 is 2.88 bits per heavy atom. The normalized spacial score (nSPS) is 11.0. The van der Waals surface area contributed by atoms with Gasteiger partial charge in [0.05, 0.1) is 6.21 Å². The standard InChI is InChI=1S/C16H12BrFN6O/c17-13-6-7-14(18)12(8-13)9-19-20-15(25)10-24-22-16(21-23-24)11-4-2-1-3-5-11/h1-9H,10H2,(H,20,25)/b19-9+. The Hall–Kier alpha value is -2.94. The van der Waals surface area contributed by atoms with Crippen molar-refractivity contribution < 1.29 is 9.18 Å². The lowest BCUT2D eigenvalue weighted by molar-refractivity contribution is -0.122. The molecule has 9 heteroatoms. The third-order valence-corrected chi connectivity index (χ3v) is 3.61. The molecule has 0 bridgehead atoms. The smallest absolute Gasteiger partial charge is 0.263 e. The van der Waals surface area contributed by atoms with E-state index in [9.17, 15) is 9.18 Å². The number of nitrogens with zero attached hydrogens (tertiary/aromatic N) is 5. The summed E-state index contributed by atoms with van der Waals surface area (Å²) in [6.45, 7) is -0.155. The monoisotopic (exact) mass is 402 g/mol. The van der Waals surface area contributed by atoms with Gasteiger partial charge in [-0.05, 0) is 23.4 Å². The van der Waals surface area contributed by atoms with E-state index in [-0.39, 0.29) is 12.1 Å². The van der Waals surface area contributed by atoms with Crippen LogP contribution in [0, 0.1) is 5.82 Å². The molecule has 0 saturated carbocycles. The average molecular weight is 403 g/mol. The second kappa shape index (κ2) is 7.75. The number of benzene rings is 2. The van der Waals surface area contributed by atoms with E-state index in [0.29, 0.717) is 10.3 Å². The highest BCUT2D eigenvalue weighted by molar-refractivity contribution is 9.10. The Morgan fingerprint density at radius 1 is 1.28 bits per heavy atom. The van der Waals surface area contributed by atoms with E-state index in [1.807, 2.05) is 30.3 Å². The molecule has 0 aliphatic carbocycles. The molecule has 0 atom stereocenters. The molecule has 0 fully saturated rings. The average Bonchev–Trinajstić information content (AvgIpc) is 3.07. The van der Waals surface area contributed by atoms with Crippen molar-refractivity contribution in [3.63, 3.8) is 0 Å². The van der Waals surface area contributed by atoms with Crippen molar-refractivity contribution >= 4 is 28.1 Å². The van der Waals surface area contributed by atoms with Gasteiger partial charge in [0, 0.05) is 15.6 Å². The quantitative estimate of drug-likeness (QED) is 0.524. The van der Waals surface area contributed by atoms with Crippen LogP contribution in [0.3, 0.4) is 0 Å². The van der Waals surface area contributed by atoms with Crippen molar-refractivity contribution in [2.75, 3.05) is 0 Å². The van der Waals surface area contributed by atoms with E-state index in [1.165, 1.54) is 12.3 Å². The zero-order chi connectivity index (χ0) is 17.6. The summed E-state index contributed by atoms with van der Waals surface area (Å²) >= 11 is 3.24. The lowest BCUT2D eigenvalue weighted by Crippen LogP contribution is -2.24. The minimum absolute atomic E-state index is 0.155. The minimum atomic E-state index is -0.455. The first-order chi connectivity index (χ1) is 12.1. The molecule has 0 unspecified atom stereocenters. The van der Waals surface area contributed by atoms with Crippen LogP contribution in [0.5, 0.6) is 0 Å². The molecule has 0 spiro atoms. The third-order valence-electron chi connectivity index (χ3n) is 3.12. The highest BCUT2D eigenvalue weighted by Gasteiger charge is 2.08. The van der Waals surface area contributed by atoms with Crippen LogP contribution in [0.1, 0.15) is 5.56 Å². The van der Waals surface area contributed by atoms with Gasteiger partial charge in [-0.3, -0.25) is 4.79 Å². The number of hydrogen-bond acceptors (Lipinski definition) is 5. The molecule has 3 aromatic rings. The van der Waals surface area contributed by atoms with Gasteiger partial charge in [-0.1, -0.05) is 46.3 Å². The first-order valence-electron chi connectivity index (χ1n) is 7.22. The molecule has 1 N–H and O–H groups in total. The number of amides is 1. The molecule has 2 aromatic carbocycles. The first kappa shape index (κ1) is 16.9. The van der Waals surface area contributed by atoms with E-state index in [2.05, 4.69) is 41.9 Å². The van der Waals surface area contributed by atoms with E-state index in [1.54, 1.807) is 12.1 Å². The van der Waals surface area contributed by atoms with E-state index in [4.69, 9.17) is 0 Å². The Balaban J connectivity index is 1.59. The first-order valence-corrected chi connectivity index (χ1v) is 8.01. The van der Waals surface area contributed by atoms with Crippen LogP contribution in [0.25, 0.3) is 11.4 Å². The number of hydrazone groups is 1. The van der Waals surface area contributed by atoms with Crippen LogP contribution in [0.2, 0.25) is 0 Å². The molecule has 0 aliphatic heterocycles. The fourth-order valence-electron chi connectivity index (χ4n) is 1.96. The molecule has 1 amide bonds. The van der Waals surface area contributed by atoms with Crippen LogP contribution in [-0.2, 0) is 11.3 Å². The summed E-state index contributed by atoms with van der Waals surface area (Å²) in [7, 11) is 0. The highest BCUT2D eigenvalue weighted by atomic mass is 79.9. The van der Waals surface area contributed by atoms with E-state index < -0.39 is 11.7 Å². The second-order valence-electron chi connectivity index (χ2n) is 4.97. The van der Waals surface area contributed by atoms with Gasteiger partial charge in [0.25, 0.3) is 5.91 Å². The van der Waals surface area contributed by atoms with Gasteiger partial charge in [-0.2, -0.15) is 9.90 Å². The van der Waals surface area contributed by atoms with Crippen LogP contribution in [0.15, 0.2) is 58.1 Å². The molecule has 0 radical (unpaired) electrons. The number of carbonyl (C=O) groups is 1. The Bertz CT molecular complexity index is 912. The molecule has 1 heterocycles. The zero-order valence-electron chi connectivity index (χ0n) is 12.8. The van der Waals surface area contributed by atoms with E-state index >= 15 is 0 Å². The van der Waals surface area contributed by atoms with Crippen LogP contribution in [0.4, 0.5) is 4.39 Å². The Morgan fingerprint density at radius 2 is 2.08 bits per heavy atom. The second-order valence-corrected chi connectivity index (χ2v) is 5.88. The van der Waals surface area contributed by atoms with Crippen molar-refractivity contribution in [3.05, 3.63) is 64.4 Å². The summed E-state index contributed by atoms with van der Waals surface area (Å²) in [5.74, 6) is -0.469. The van der Waals surface area contributed by atoms with Crippen molar-refractivity contribution in [3.8, 4) is 11.4 Å². The highest BCUT2D eigenvalue weighted by Crippen LogP contribution is 2.14. The Labute approximate surface area is 150 Å².